The summed E-state index contributed by atoms with van der Waals surface area (Å²) in [5.74, 6) is -4.38. The van der Waals surface area contributed by atoms with Crippen molar-refractivity contribution in [3.63, 3.8) is 0 Å². The molecule has 2 fully saturated rings. The Morgan fingerprint density at radius 3 is 2.31 bits per heavy atom. The van der Waals surface area contributed by atoms with Gasteiger partial charge in [-0.1, -0.05) is 62.4 Å². The maximum Gasteiger partial charge on any atom is 0.245 e. The van der Waals surface area contributed by atoms with Gasteiger partial charge in [0.1, 0.15) is 36.3 Å². The fraction of sp³-hybridized carbons (Fsp3) is 0.488. The Morgan fingerprint density at radius 2 is 1.59 bits per heavy atom. The van der Waals surface area contributed by atoms with Gasteiger partial charge in [-0.2, -0.15) is 0 Å². The molecule has 3 aromatic rings. The van der Waals surface area contributed by atoms with Crippen LogP contribution < -0.4 is 43.4 Å². The second-order valence-corrected chi connectivity index (χ2v) is 16.0. The van der Waals surface area contributed by atoms with Crippen molar-refractivity contribution in [3.8, 4) is 0 Å². The number of nitrogens with two attached hydrogens (primary N) is 2. The highest BCUT2D eigenvalue weighted by molar-refractivity contribution is 5.98. The summed E-state index contributed by atoms with van der Waals surface area (Å²) < 4.78 is 0. The monoisotopic (exact) mass is 841 g/mol. The summed E-state index contributed by atoms with van der Waals surface area (Å²) in [4.78, 5) is 105. The van der Waals surface area contributed by atoms with Crippen LogP contribution in [0, 0.1) is 5.92 Å². The number of aromatic nitrogens is 1. The summed E-state index contributed by atoms with van der Waals surface area (Å²) in [5.41, 5.74) is 13.4. The van der Waals surface area contributed by atoms with Crippen molar-refractivity contribution in [2.75, 3.05) is 19.6 Å². The molecule has 1 aromatic heterocycles. The number of benzene rings is 2. The molecule has 18 nitrogen and oxygen atoms in total. The van der Waals surface area contributed by atoms with Crippen molar-refractivity contribution >= 4 is 58.2 Å². The van der Waals surface area contributed by atoms with Gasteiger partial charge < -0.3 is 53.3 Å². The number of aromatic amines is 1. The van der Waals surface area contributed by atoms with Crippen LogP contribution in [0.3, 0.4) is 0 Å². The smallest absolute Gasteiger partial charge is 0.245 e. The third kappa shape index (κ3) is 12.8. The van der Waals surface area contributed by atoms with Gasteiger partial charge in [0.05, 0.1) is 0 Å². The minimum absolute atomic E-state index is 0.0629. The zero-order valence-corrected chi connectivity index (χ0v) is 35.0. The van der Waals surface area contributed by atoms with Crippen LogP contribution in [-0.4, -0.2) is 113 Å². The highest BCUT2D eigenvalue weighted by atomic mass is 16.2. The number of para-hydroxylation sites is 1. The van der Waals surface area contributed by atoms with E-state index in [-0.39, 0.29) is 57.7 Å². The number of guanidine groups is 1. The molecule has 5 rings (SSSR count). The average Bonchev–Trinajstić information content (AvgIpc) is 3.89. The van der Waals surface area contributed by atoms with Crippen molar-refractivity contribution in [1.29, 1.82) is 0 Å². The summed E-state index contributed by atoms with van der Waals surface area (Å²) >= 11 is 0. The van der Waals surface area contributed by atoms with Crippen LogP contribution in [-0.2, 0) is 46.4 Å². The molecule has 2 saturated heterocycles. The largest absolute Gasteiger partial charge is 0.370 e. The van der Waals surface area contributed by atoms with Crippen molar-refractivity contribution in [1.82, 2.24) is 41.8 Å². The Bertz CT molecular complexity index is 2070. The SMILES string of the molecule is CC(=O)N[C@@H](Cc1ccccc1)C(=O)N[C@H]1CCCNC(=O)[C@H](CCCN=C(N)N)NC(=O)[C@H](Cc2c[nH]c3ccccc23)NC(=O)[C@@H](C(C)C)NC(=O)[C@@H]2CCCN2C1=O. The lowest BCUT2D eigenvalue weighted by Crippen LogP contribution is -2.61. The van der Waals surface area contributed by atoms with E-state index in [9.17, 15) is 33.6 Å². The van der Waals surface area contributed by atoms with Crippen LogP contribution in [0.2, 0.25) is 0 Å². The number of nitrogens with zero attached hydrogens (tertiary/aromatic N) is 2. The molecule has 2 aliphatic heterocycles. The van der Waals surface area contributed by atoms with E-state index in [2.05, 4.69) is 41.9 Å². The number of hydrogen-bond donors (Lipinski definition) is 9. The summed E-state index contributed by atoms with van der Waals surface area (Å²) in [7, 11) is 0. The van der Waals surface area contributed by atoms with E-state index in [4.69, 9.17) is 11.5 Å². The molecule has 18 heteroatoms. The second kappa shape index (κ2) is 21.7. The first-order valence-electron chi connectivity index (χ1n) is 20.9. The number of H-pyrrole nitrogens is 1. The molecule has 2 aromatic carbocycles. The number of nitrogens with one attached hydrogen (secondary N) is 7. The fourth-order valence-electron chi connectivity index (χ4n) is 7.80. The number of rotatable bonds is 12. The predicted octanol–water partition coefficient (Wildman–Crippen LogP) is 0.00760. The zero-order valence-electron chi connectivity index (χ0n) is 35.0. The highest BCUT2D eigenvalue weighted by Crippen LogP contribution is 2.22. The van der Waals surface area contributed by atoms with Crippen LogP contribution >= 0.6 is 0 Å². The standard InChI is InChI=1S/C43H59N11O7/c1-25(2)36-41(60)52-34(23-28-24-48-30-15-8-7-14-29(28)30)39(58)50-31(16-9-20-47-43(44)45)37(56)46-19-10-17-32(42(61)54-21-11-18-35(54)40(59)53-36)51-38(57)33(49-26(3)55)22-27-12-5-4-6-13-27/h4-8,12-15,24-25,31-36,48H,9-11,16-23H2,1-3H3,(H,46,56)(H,49,55)(H,50,58)(H,51,57)(H,52,60)(H,53,59)(H4,44,45,47)/t31-,32-,33-,34-,35-,36+/m0/s1. The van der Waals surface area contributed by atoms with Crippen molar-refractivity contribution in [2.24, 2.45) is 22.4 Å². The Hall–Kier alpha value is -6.46. The van der Waals surface area contributed by atoms with Crippen LogP contribution in [0.25, 0.3) is 10.9 Å². The molecule has 0 radical (unpaired) electrons. The molecule has 0 saturated carbocycles. The van der Waals surface area contributed by atoms with E-state index in [0.717, 1.165) is 22.0 Å². The van der Waals surface area contributed by atoms with Gasteiger partial charge in [0, 0.05) is 56.5 Å². The molecular formula is C43H59N11O7. The molecule has 328 valence electrons. The second-order valence-electron chi connectivity index (χ2n) is 16.0. The average molecular weight is 842 g/mol. The number of hydrogen-bond acceptors (Lipinski definition) is 8. The summed E-state index contributed by atoms with van der Waals surface area (Å²) in [6.07, 6.45) is 3.57. The topological polar surface area (TPSA) is 275 Å². The van der Waals surface area contributed by atoms with Crippen LogP contribution in [0.15, 0.2) is 65.8 Å². The number of fused-ring (bicyclic) bond motifs is 2. The summed E-state index contributed by atoms with van der Waals surface area (Å²) in [6.45, 7) is 5.30. The lowest BCUT2D eigenvalue weighted by molar-refractivity contribution is -0.143. The minimum atomic E-state index is -1.16. The van der Waals surface area contributed by atoms with E-state index in [1.807, 2.05) is 54.6 Å². The molecule has 2 aliphatic rings. The van der Waals surface area contributed by atoms with Gasteiger partial charge in [0.25, 0.3) is 0 Å². The van der Waals surface area contributed by atoms with E-state index in [1.54, 1.807) is 20.0 Å². The first-order valence-corrected chi connectivity index (χ1v) is 20.9. The van der Waals surface area contributed by atoms with Gasteiger partial charge in [-0.15, -0.1) is 0 Å². The molecule has 6 atom stereocenters. The quantitative estimate of drug-likeness (QED) is 0.0674. The fourth-order valence-corrected chi connectivity index (χ4v) is 7.80. The maximum atomic E-state index is 14.4. The van der Waals surface area contributed by atoms with Gasteiger partial charge in [0.15, 0.2) is 5.96 Å². The lowest BCUT2D eigenvalue weighted by atomic mass is 9.99. The van der Waals surface area contributed by atoms with E-state index >= 15 is 0 Å². The Balaban J connectivity index is 1.45. The minimum Gasteiger partial charge on any atom is -0.370 e. The molecule has 11 N–H and O–H groups in total. The summed E-state index contributed by atoms with van der Waals surface area (Å²) in [6, 6.07) is 10.2. The molecule has 0 unspecified atom stereocenters. The normalized spacial score (nSPS) is 22.5. The van der Waals surface area contributed by atoms with Crippen molar-refractivity contribution < 1.29 is 33.6 Å². The van der Waals surface area contributed by atoms with Gasteiger partial charge in [-0.3, -0.25) is 38.6 Å². The van der Waals surface area contributed by atoms with E-state index < -0.39 is 83.5 Å². The van der Waals surface area contributed by atoms with E-state index in [1.165, 1.54) is 11.8 Å². The third-order valence-electron chi connectivity index (χ3n) is 11.0. The van der Waals surface area contributed by atoms with Crippen molar-refractivity contribution in [3.05, 3.63) is 71.9 Å². The number of amides is 7. The highest BCUT2D eigenvalue weighted by Gasteiger charge is 2.40. The van der Waals surface area contributed by atoms with Crippen LogP contribution in [0.1, 0.15) is 70.4 Å². The van der Waals surface area contributed by atoms with Gasteiger partial charge >= 0.3 is 0 Å². The zero-order chi connectivity index (χ0) is 44.1. The van der Waals surface area contributed by atoms with Crippen LogP contribution in [0.4, 0.5) is 0 Å². The van der Waals surface area contributed by atoms with Gasteiger partial charge in [-0.25, -0.2) is 0 Å². The molecule has 0 aliphatic carbocycles. The first-order chi connectivity index (χ1) is 29.2. The molecule has 0 bridgehead atoms. The van der Waals surface area contributed by atoms with E-state index in [0.29, 0.717) is 19.3 Å². The number of carbonyl (C=O) groups is 7. The Labute approximate surface area is 355 Å². The Kier molecular flexibility index (Phi) is 16.2. The predicted molar refractivity (Wildman–Crippen MR) is 229 cm³/mol. The summed E-state index contributed by atoms with van der Waals surface area (Å²) in [5, 5.41) is 17.8. The molecule has 0 spiro atoms. The lowest BCUT2D eigenvalue weighted by Gasteiger charge is -2.32. The third-order valence-corrected chi connectivity index (χ3v) is 11.0. The van der Waals surface area contributed by atoms with Gasteiger partial charge in [-0.05, 0) is 61.6 Å². The molecular weight excluding hydrogens is 783 g/mol. The Morgan fingerprint density at radius 1 is 0.869 bits per heavy atom. The van der Waals surface area contributed by atoms with Crippen LogP contribution in [0.5, 0.6) is 0 Å². The first kappa shape index (κ1) is 45.6. The maximum absolute atomic E-state index is 14.4. The van der Waals surface area contributed by atoms with Gasteiger partial charge in [0.2, 0.25) is 41.4 Å². The van der Waals surface area contributed by atoms with Crippen molar-refractivity contribution in [2.45, 2.75) is 108 Å². The molecule has 3 heterocycles. The number of aliphatic imine (C=N–C) groups is 1. The molecule has 7 amide bonds. The molecule has 61 heavy (non-hydrogen) atoms. The number of carbonyl (C=O) groups excluding carboxylic acids is 7.